The number of anilines is 1. The molecule has 1 N–H and O–H groups in total. The van der Waals surface area contributed by atoms with Crippen LogP contribution in [-0.4, -0.2) is 34.1 Å². The fraction of sp³-hybridized carbons (Fsp3) is 0.545. The third kappa shape index (κ3) is 2.20. The second-order valence-corrected chi connectivity index (χ2v) is 4.08. The number of aryl methyl sites for hydroxylation is 1. The molecule has 1 fully saturated rings. The van der Waals surface area contributed by atoms with Crippen molar-refractivity contribution in [1.29, 1.82) is 0 Å². The van der Waals surface area contributed by atoms with Gasteiger partial charge in [0.1, 0.15) is 6.33 Å². The second kappa shape index (κ2) is 4.65. The standard InChI is InChI=1S/C11H14FN3O2/c1-2-8-9(12)10(14-6-13-8)15-4-3-7(5-15)11(16)17/h6-7H,2-5H2,1H3,(H,16,17). The fourth-order valence-corrected chi connectivity index (χ4v) is 2.02. The minimum absolute atomic E-state index is 0.223. The monoisotopic (exact) mass is 239 g/mol. The summed E-state index contributed by atoms with van der Waals surface area (Å²) in [6, 6.07) is 0. The van der Waals surface area contributed by atoms with Crippen molar-refractivity contribution in [3.63, 3.8) is 0 Å². The van der Waals surface area contributed by atoms with E-state index >= 15 is 0 Å². The lowest BCUT2D eigenvalue weighted by Crippen LogP contribution is -2.25. The minimum Gasteiger partial charge on any atom is -0.481 e. The molecule has 1 atom stereocenters. The van der Waals surface area contributed by atoms with Crippen molar-refractivity contribution in [2.45, 2.75) is 19.8 Å². The summed E-state index contributed by atoms with van der Waals surface area (Å²) < 4.78 is 13.9. The first-order valence-electron chi connectivity index (χ1n) is 5.60. The van der Waals surface area contributed by atoms with Gasteiger partial charge in [-0.15, -0.1) is 0 Å². The SMILES string of the molecule is CCc1ncnc(N2CCC(C(=O)O)C2)c1F. The summed E-state index contributed by atoms with van der Waals surface area (Å²) in [5.41, 5.74) is 0.369. The molecule has 1 aliphatic rings. The predicted octanol–water partition coefficient (Wildman–Crippen LogP) is 1.09. The van der Waals surface area contributed by atoms with Crippen LogP contribution in [0.4, 0.5) is 10.2 Å². The van der Waals surface area contributed by atoms with Crippen molar-refractivity contribution in [3.05, 3.63) is 17.8 Å². The van der Waals surface area contributed by atoms with Crippen LogP contribution in [0.15, 0.2) is 6.33 Å². The highest BCUT2D eigenvalue weighted by molar-refractivity contribution is 5.71. The molecule has 0 bridgehead atoms. The van der Waals surface area contributed by atoms with Gasteiger partial charge in [0, 0.05) is 13.1 Å². The Bertz CT molecular complexity index is 439. The summed E-state index contributed by atoms with van der Waals surface area (Å²) in [6.07, 6.45) is 2.35. The number of rotatable bonds is 3. The van der Waals surface area contributed by atoms with Crippen LogP contribution in [0.3, 0.4) is 0 Å². The van der Waals surface area contributed by atoms with E-state index in [9.17, 15) is 9.18 Å². The van der Waals surface area contributed by atoms with E-state index in [1.54, 1.807) is 4.90 Å². The maximum atomic E-state index is 13.9. The van der Waals surface area contributed by atoms with Crippen LogP contribution >= 0.6 is 0 Å². The van der Waals surface area contributed by atoms with Gasteiger partial charge in [0.05, 0.1) is 11.6 Å². The molecule has 92 valence electrons. The molecule has 0 aliphatic carbocycles. The highest BCUT2D eigenvalue weighted by Crippen LogP contribution is 2.25. The Hall–Kier alpha value is -1.72. The van der Waals surface area contributed by atoms with Crippen molar-refractivity contribution in [2.75, 3.05) is 18.0 Å². The Morgan fingerprint density at radius 2 is 2.41 bits per heavy atom. The van der Waals surface area contributed by atoms with Crippen LogP contribution in [0.25, 0.3) is 0 Å². The van der Waals surface area contributed by atoms with E-state index in [-0.39, 0.29) is 5.82 Å². The van der Waals surface area contributed by atoms with E-state index < -0.39 is 17.7 Å². The van der Waals surface area contributed by atoms with Gasteiger partial charge in [-0.2, -0.15) is 0 Å². The quantitative estimate of drug-likeness (QED) is 0.855. The van der Waals surface area contributed by atoms with E-state index in [2.05, 4.69) is 9.97 Å². The molecular formula is C11H14FN3O2. The lowest BCUT2D eigenvalue weighted by atomic mass is 10.1. The van der Waals surface area contributed by atoms with Gasteiger partial charge in [0.15, 0.2) is 11.6 Å². The van der Waals surface area contributed by atoms with Crippen molar-refractivity contribution in [3.8, 4) is 0 Å². The lowest BCUT2D eigenvalue weighted by molar-refractivity contribution is -0.140. The minimum atomic E-state index is -0.835. The Morgan fingerprint density at radius 1 is 1.65 bits per heavy atom. The van der Waals surface area contributed by atoms with Crippen molar-refractivity contribution in [2.24, 2.45) is 5.92 Å². The summed E-state index contributed by atoms with van der Waals surface area (Å²) in [5, 5.41) is 8.89. The molecule has 0 radical (unpaired) electrons. The Kier molecular flexibility index (Phi) is 3.21. The van der Waals surface area contributed by atoms with E-state index in [1.165, 1.54) is 6.33 Å². The average molecular weight is 239 g/mol. The van der Waals surface area contributed by atoms with Crippen LogP contribution in [0.2, 0.25) is 0 Å². The number of carboxylic acid groups (broad SMARTS) is 1. The molecule has 1 aromatic rings. The highest BCUT2D eigenvalue weighted by atomic mass is 19.1. The van der Waals surface area contributed by atoms with E-state index in [1.807, 2.05) is 6.92 Å². The summed E-state index contributed by atoms with van der Waals surface area (Å²) in [7, 11) is 0. The van der Waals surface area contributed by atoms with Crippen molar-refractivity contribution < 1.29 is 14.3 Å². The van der Waals surface area contributed by atoms with Crippen LogP contribution in [0, 0.1) is 11.7 Å². The molecule has 1 unspecified atom stereocenters. The largest absolute Gasteiger partial charge is 0.481 e. The number of carboxylic acids is 1. The molecule has 0 aromatic carbocycles. The molecule has 2 heterocycles. The maximum absolute atomic E-state index is 13.9. The van der Waals surface area contributed by atoms with Gasteiger partial charge in [0.25, 0.3) is 0 Å². The van der Waals surface area contributed by atoms with Gasteiger partial charge in [-0.1, -0.05) is 6.92 Å². The molecule has 5 nitrogen and oxygen atoms in total. The van der Waals surface area contributed by atoms with E-state index in [0.717, 1.165) is 0 Å². The van der Waals surface area contributed by atoms with Gasteiger partial charge < -0.3 is 10.0 Å². The van der Waals surface area contributed by atoms with Gasteiger partial charge >= 0.3 is 5.97 Å². The fourth-order valence-electron chi connectivity index (χ4n) is 2.02. The second-order valence-electron chi connectivity index (χ2n) is 4.08. The summed E-state index contributed by atoms with van der Waals surface area (Å²) in [6.45, 7) is 2.65. The van der Waals surface area contributed by atoms with Gasteiger partial charge in [-0.05, 0) is 12.8 Å². The smallest absolute Gasteiger partial charge is 0.308 e. The zero-order valence-electron chi connectivity index (χ0n) is 9.56. The average Bonchev–Trinajstić information content (AvgIpc) is 2.78. The Morgan fingerprint density at radius 3 is 3.00 bits per heavy atom. The van der Waals surface area contributed by atoms with E-state index in [4.69, 9.17) is 5.11 Å². The number of aliphatic carboxylic acids is 1. The third-order valence-corrected chi connectivity index (χ3v) is 3.02. The number of hydrogen-bond donors (Lipinski definition) is 1. The Balaban J connectivity index is 2.22. The molecule has 1 saturated heterocycles. The number of aromatic nitrogens is 2. The zero-order valence-corrected chi connectivity index (χ0v) is 9.56. The molecule has 1 aliphatic heterocycles. The molecule has 1 aromatic heterocycles. The van der Waals surface area contributed by atoms with Gasteiger partial charge in [-0.3, -0.25) is 4.79 Å². The van der Waals surface area contributed by atoms with Crippen LogP contribution in [0.1, 0.15) is 19.0 Å². The van der Waals surface area contributed by atoms with Crippen LogP contribution in [0.5, 0.6) is 0 Å². The molecule has 6 heteroatoms. The number of hydrogen-bond acceptors (Lipinski definition) is 4. The summed E-state index contributed by atoms with van der Waals surface area (Å²) in [5.74, 6) is -1.48. The van der Waals surface area contributed by atoms with Crippen LogP contribution < -0.4 is 4.90 Å². The Labute approximate surface area is 98.3 Å². The third-order valence-electron chi connectivity index (χ3n) is 3.02. The molecule has 0 spiro atoms. The van der Waals surface area contributed by atoms with Crippen LogP contribution in [-0.2, 0) is 11.2 Å². The number of halogens is 1. The number of carbonyl (C=O) groups is 1. The summed E-state index contributed by atoms with van der Waals surface area (Å²) >= 11 is 0. The molecule has 0 saturated carbocycles. The van der Waals surface area contributed by atoms with Gasteiger partial charge in [0.2, 0.25) is 0 Å². The molecule has 0 amide bonds. The van der Waals surface area contributed by atoms with Gasteiger partial charge in [-0.25, -0.2) is 14.4 Å². The van der Waals surface area contributed by atoms with Crippen molar-refractivity contribution >= 4 is 11.8 Å². The predicted molar refractivity (Wildman–Crippen MR) is 59.3 cm³/mol. The number of nitrogens with zero attached hydrogens (tertiary/aromatic N) is 3. The normalized spacial score (nSPS) is 19.6. The van der Waals surface area contributed by atoms with E-state index in [0.29, 0.717) is 31.6 Å². The lowest BCUT2D eigenvalue weighted by Gasteiger charge is -2.17. The first-order valence-corrected chi connectivity index (χ1v) is 5.60. The molecular weight excluding hydrogens is 225 g/mol. The topological polar surface area (TPSA) is 66.3 Å². The molecule has 17 heavy (non-hydrogen) atoms. The van der Waals surface area contributed by atoms with Crippen molar-refractivity contribution in [1.82, 2.24) is 9.97 Å². The maximum Gasteiger partial charge on any atom is 0.308 e. The first-order chi connectivity index (χ1) is 8.13. The first kappa shape index (κ1) is 11.8. The highest BCUT2D eigenvalue weighted by Gasteiger charge is 2.30. The summed E-state index contributed by atoms with van der Waals surface area (Å²) in [4.78, 5) is 20.3. The molecule has 2 rings (SSSR count). The zero-order chi connectivity index (χ0) is 12.4.